The molecule has 0 aliphatic carbocycles. The van der Waals surface area contributed by atoms with Gasteiger partial charge in [-0.3, -0.25) is 14.3 Å². The number of aryl methyl sites for hydroxylation is 2. The SMILES string of the molecule is CCCCn1nc(C)c(NC(=O)c2ccccc2NC(=O)Cc2cccc3ccccc23)c1C. The fourth-order valence-electron chi connectivity index (χ4n) is 4.19. The van der Waals surface area contributed by atoms with Gasteiger partial charge in [0.25, 0.3) is 5.91 Å². The quantitative estimate of drug-likeness (QED) is 0.349. The van der Waals surface area contributed by atoms with Gasteiger partial charge in [-0.05, 0) is 48.7 Å². The van der Waals surface area contributed by atoms with Crippen LogP contribution in [0.2, 0.25) is 0 Å². The third-order valence-corrected chi connectivity index (χ3v) is 6.02. The third kappa shape index (κ3) is 5.01. The van der Waals surface area contributed by atoms with Gasteiger partial charge in [-0.1, -0.05) is 67.9 Å². The van der Waals surface area contributed by atoms with E-state index >= 15 is 0 Å². The highest BCUT2D eigenvalue weighted by Crippen LogP contribution is 2.24. The second-order valence-electron chi connectivity index (χ2n) is 8.49. The molecule has 1 aromatic heterocycles. The summed E-state index contributed by atoms with van der Waals surface area (Å²) in [6.45, 7) is 6.81. The molecule has 0 unspecified atom stereocenters. The maximum absolute atomic E-state index is 13.2. The summed E-state index contributed by atoms with van der Waals surface area (Å²) < 4.78 is 1.94. The van der Waals surface area contributed by atoms with Gasteiger partial charge in [0.15, 0.2) is 0 Å². The maximum atomic E-state index is 13.2. The highest BCUT2D eigenvalue weighted by Gasteiger charge is 2.18. The zero-order valence-electron chi connectivity index (χ0n) is 19.9. The molecule has 0 aliphatic heterocycles. The first-order valence-electron chi connectivity index (χ1n) is 11.7. The molecular formula is C28H30N4O2. The van der Waals surface area contributed by atoms with Crippen LogP contribution in [-0.4, -0.2) is 21.6 Å². The Morgan fingerprint density at radius 1 is 0.912 bits per heavy atom. The van der Waals surface area contributed by atoms with Gasteiger partial charge in [0.2, 0.25) is 5.91 Å². The highest BCUT2D eigenvalue weighted by atomic mass is 16.2. The lowest BCUT2D eigenvalue weighted by Gasteiger charge is -2.13. The van der Waals surface area contributed by atoms with E-state index in [0.29, 0.717) is 11.3 Å². The molecule has 0 spiro atoms. The number of nitrogens with one attached hydrogen (secondary N) is 2. The molecule has 0 aliphatic rings. The van der Waals surface area contributed by atoms with E-state index in [0.717, 1.165) is 52.8 Å². The molecule has 4 rings (SSSR count). The van der Waals surface area contributed by atoms with E-state index in [2.05, 4.69) is 22.7 Å². The summed E-state index contributed by atoms with van der Waals surface area (Å²) in [5.41, 5.74) is 4.27. The van der Waals surface area contributed by atoms with Crippen LogP contribution in [0.3, 0.4) is 0 Å². The molecule has 0 fully saturated rings. The monoisotopic (exact) mass is 454 g/mol. The number of hydrogen-bond acceptors (Lipinski definition) is 3. The summed E-state index contributed by atoms with van der Waals surface area (Å²) in [6.07, 6.45) is 2.33. The number of hydrogen-bond donors (Lipinski definition) is 2. The van der Waals surface area contributed by atoms with Crippen molar-refractivity contribution < 1.29 is 9.59 Å². The number of benzene rings is 3. The summed E-state index contributed by atoms with van der Waals surface area (Å²) in [6, 6.07) is 21.0. The Bertz CT molecular complexity index is 1330. The van der Waals surface area contributed by atoms with Crippen molar-refractivity contribution in [2.75, 3.05) is 10.6 Å². The normalized spacial score (nSPS) is 10.9. The Morgan fingerprint density at radius 2 is 1.65 bits per heavy atom. The van der Waals surface area contributed by atoms with Crippen molar-refractivity contribution in [3.8, 4) is 0 Å². The summed E-state index contributed by atoms with van der Waals surface area (Å²) in [5, 5.41) is 12.7. The molecule has 3 aromatic carbocycles. The largest absolute Gasteiger partial charge is 0.325 e. The lowest BCUT2D eigenvalue weighted by atomic mass is 10.0. The minimum atomic E-state index is -0.276. The Labute approximate surface area is 200 Å². The van der Waals surface area contributed by atoms with Gasteiger partial charge in [-0.15, -0.1) is 0 Å². The van der Waals surface area contributed by atoms with Crippen molar-refractivity contribution in [2.45, 2.75) is 46.6 Å². The number of anilines is 2. The van der Waals surface area contributed by atoms with Gasteiger partial charge in [-0.25, -0.2) is 0 Å². The van der Waals surface area contributed by atoms with Crippen LogP contribution in [0.1, 0.15) is 47.1 Å². The van der Waals surface area contributed by atoms with Crippen molar-refractivity contribution in [3.05, 3.63) is 89.2 Å². The molecule has 174 valence electrons. The summed E-state index contributed by atoms with van der Waals surface area (Å²) in [7, 11) is 0. The molecule has 2 N–H and O–H groups in total. The van der Waals surface area contributed by atoms with Crippen molar-refractivity contribution >= 4 is 34.0 Å². The number of nitrogens with zero attached hydrogens (tertiary/aromatic N) is 2. The molecule has 34 heavy (non-hydrogen) atoms. The molecule has 6 nitrogen and oxygen atoms in total. The van der Waals surface area contributed by atoms with Crippen LogP contribution in [0.15, 0.2) is 66.7 Å². The number of aromatic nitrogens is 2. The smallest absolute Gasteiger partial charge is 0.257 e. The number of unbranched alkanes of at least 4 members (excludes halogenated alkanes) is 1. The lowest BCUT2D eigenvalue weighted by Crippen LogP contribution is -2.20. The van der Waals surface area contributed by atoms with Gasteiger partial charge in [0.1, 0.15) is 0 Å². The molecule has 1 heterocycles. The Hall–Kier alpha value is -3.93. The topological polar surface area (TPSA) is 76.0 Å². The van der Waals surface area contributed by atoms with Crippen molar-refractivity contribution in [1.82, 2.24) is 9.78 Å². The van der Waals surface area contributed by atoms with Gasteiger partial charge in [-0.2, -0.15) is 5.10 Å². The highest BCUT2D eigenvalue weighted by molar-refractivity contribution is 6.10. The Balaban J connectivity index is 1.51. The van der Waals surface area contributed by atoms with Gasteiger partial charge < -0.3 is 10.6 Å². The molecule has 2 amide bonds. The predicted octanol–water partition coefficient (Wildman–Crippen LogP) is 5.89. The van der Waals surface area contributed by atoms with Crippen LogP contribution in [0.5, 0.6) is 0 Å². The zero-order valence-corrected chi connectivity index (χ0v) is 19.9. The Morgan fingerprint density at radius 3 is 2.47 bits per heavy atom. The molecule has 0 radical (unpaired) electrons. The van der Waals surface area contributed by atoms with Gasteiger partial charge in [0.05, 0.1) is 34.7 Å². The first-order valence-corrected chi connectivity index (χ1v) is 11.7. The van der Waals surface area contributed by atoms with Crippen LogP contribution in [0, 0.1) is 13.8 Å². The van der Waals surface area contributed by atoms with Crippen LogP contribution in [-0.2, 0) is 17.8 Å². The third-order valence-electron chi connectivity index (χ3n) is 6.02. The molecule has 4 aromatic rings. The zero-order chi connectivity index (χ0) is 24.1. The number of rotatable bonds is 8. The first kappa shape index (κ1) is 23.2. The van der Waals surface area contributed by atoms with Crippen molar-refractivity contribution in [3.63, 3.8) is 0 Å². The predicted molar refractivity (Wildman–Crippen MR) is 137 cm³/mol. The average Bonchev–Trinajstić information content (AvgIpc) is 3.10. The molecule has 0 saturated heterocycles. The summed E-state index contributed by atoms with van der Waals surface area (Å²) >= 11 is 0. The van der Waals surface area contributed by atoms with Crippen molar-refractivity contribution in [2.24, 2.45) is 0 Å². The molecule has 6 heteroatoms. The van der Waals surface area contributed by atoms with Crippen LogP contribution in [0.25, 0.3) is 10.8 Å². The summed E-state index contributed by atoms with van der Waals surface area (Å²) in [4.78, 5) is 26.1. The Kier molecular flexibility index (Phi) is 7.07. The number of para-hydroxylation sites is 1. The van der Waals surface area contributed by atoms with E-state index in [1.165, 1.54) is 0 Å². The molecule has 0 saturated carbocycles. The fraction of sp³-hybridized carbons (Fsp3) is 0.250. The number of carbonyl (C=O) groups excluding carboxylic acids is 2. The second-order valence-corrected chi connectivity index (χ2v) is 8.49. The minimum Gasteiger partial charge on any atom is -0.325 e. The number of fused-ring (bicyclic) bond motifs is 1. The molecular weight excluding hydrogens is 424 g/mol. The maximum Gasteiger partial charge on any atom is 0.257 e. The van der Waals surface area contributed by atoms with Crippen LogP contribution >= 0.6 is 0 Å². The van der Waals surface area contributed by atoms with E-state index in [1.807, 2.05) is 67.1 Å². The van der Waals surface area contributed by atoms with E-state index in [-0.39, 0.29) is 18.2 Å². The number of amides is 2. The minimum absolute atomic E-state index is 0.170. The standard InChI is InChI=1S/C28H30N4O2/c1-4-5-17-32-20(3)27(19(2)31-32)30-28(34)24-15-8-9-16-25(24)29-26(33)18-22-13-10-12-21-11-6-7-14-23(21)22/h6-16H,4-5,17-18H2,1-3H3,(H,29,33)(H,30,34). The number of carbonyl (C=O) groups is 2. The van der Waals surface area contributed by atoms with Crippen LogP contribution < -0.4 is 10.6 Å². The van der Waals surface area contributed by atoms with E-state index < -0.39 is 0 Å². The van der Waals surface area contributed by atoms with Gasteiger partial charge >= 0.3 is 0 Å². The van der Waals surface area contributed by atoms with E-state index in [4.69, 9.17) is 0 Å². The molecule has 0 atom stereocenters. The van der Waals surface area contributed by atoms with Crippen LogP contribution in [0.4, 0.5) is 11.4 Å². The van der Waals surface area contributed by atoms with E-state index in [9.17, 15) is 9.59 Å². The second kappa shape index (κ2) is 10.3. The average molecular weight is 455 g/mol. The van der Waals surface area contributed by atoms with Crippen molar-refractivity contribution in [1.29, 1.82) is 0 Å². The lowest BCUT2D eigenvalue weighted by molar-refractivity contribution is -0.115. The summed E-state index contributed by atoms with van der Waals surface area (Å²) in [5.74, 6) is -0.446. The van der Waals surface area contributed by atoms with E-state index in [1.54, 1.807) is 18.2 Å². The fourth-order valence-corrected chi connectivity index (χ4v) is 4.19. The molecule has 0 bridgehead atoms. The first-order chi connectivity index (χ1) is 16.5. The van der Waals surface area contributed by atoms with Gasteiger partial charge in [0, 0.05) is 6.54 Å².